The van der Waals surface area contributed by atoms with Gasteiger partial charge in [-0.3, -0.25) is 0 Å². The third-order valence-electron chi connectivity index (χ3n) is 5.98. The molecule has 0 aliphatic rings. The molecule has 0 fully saturated rings. The molecule has 0 spiro atoms. The molecule has 1 atom stereocenters. The highest BCUT2D eigenvalue weighted by atomic mass is 16.5. The van der Waals surface area contributed by atoms with Gasteiger partial charge < -0.3 is 4.74 Å². The van der Waals surface area contributed by atoms with Crippen molar-refractivity contribution < 1.29 is 4.74 Å². The van der Waals surface area contributed by atoms with Crippen LogP contribution in [0.2, 0.25) is 0 Å². The summed E-state index contributed by atoms with van der Waals surface area (Å²) in [6, 6.07) is 10.6. The van der Waals surface area contributed by atoms with Gasteiger partial charge in [-0.25, -0.2) is 0 Å². The fourth-order valence-corrected chi connectivity index (χ4v) is 4.02. The first-order valence-corrected chi connectivity index (χ1v) is 12.8. The second-order valence-electron chi connectivity index (χ2n) is 8.77. The SMILES string of the molecule is [CH2]CC(Cc1ccccc1)OCCCCCCCCCCCCCCCCCC. The molecule has 1 heteroatoms. The molecule has 167 valence electrons. The van der Waals surface area contributed by atoms with Crippen LogP contribution >= 0.6 is 0 Å². The van der Waals surface area contributed by atoms with Gasteiger partial charge in [-0.1, -0.05) is 140 Å². The van der Waals surface area contributed by atoms with Crippen LogP contribution in [0.25, 0.3) is 0 Å². The van der Waals surface area contributed by atoms with Crippen molar-refractivity contribution >= 4 is 0 Å². The fraction of sp³-hybridized carbons (Fsp3) is 0.750. The first kappa shape index (κ1) is 26.2. The van der Waals surface area contributed by atoms with Gasteiger partial charge >= 0.3 is 0 Å². The Hall–Kier alpha value is -0.820. The number of ether oxygens (including phenoxy) is 1. The van der Waals surface area contributed by atoms with Gasteiger partial charge in [0.25, 0.3) is 0 Å². The summed E-state index contributed by atoms with van der Waals surface area (Å²) in [6.07, 6.45) is 24.7. The minimum absolute atomic E-state index is 0.272. The van der Waals surface area contributed by atoms with Gasteiger partial charge in [-0.15, -0.1) is 0 Å². The molecule has 1 unspecified atom stereocenters. The van der Waals surface area contributed by atoms with Crippen molar-refractivity contribution in [2.45, 2.75) is 129 Å². The summed E-state index contributed by atoms with van der Waals surface area (Å²) < 4.78 is 6.05. The Labute approximate surface area is 183 Å². The molecule has 0 bridgehead atoms. The lowest BCUT2D eigenvalue weighted by molar-refractivity contribution is 0.0524. The first-order valence-electron chi connectivity index (χ1n) is 12.8. The summed E-state index contributed by atoms with van der Waals surface area (Å²) in [7, 11) is 0. The molecule has 1 aromatic rings. The van der Waals surface area contributed by atoms with Crippen molar-refractivity contribution in [3.05, 3.63) is 42.8 Å². The standard InChI is InChI=1S/C28H49O/c1-3-5-6-7-8-9-10-11-12-13-14-15-16-17-18-22-25-29-28(4-2)26-27-23-20-19-21-24-27/h19-21,23-24,28H,2-18,22,25-26H2,1H3. The van der Waals surface area contributed by atoms with E-state index < -0.39 is 0 Å². The summed E-state index contributed by atoms with van der Waals surface area (Å²) in [4.78, 5) is 0. The second-order valence-corrected chi connectivity index (χ2v) is 8.77. The molecule has 29 heavy (non-hydrogen) atoms. The summed E-state index contributed by atoms with van der Waals surface area (Å²) in [5.74, 6) is 0. The van der Waals surface area contributed by atoms with Gasteiger partial charge in [-0.05, 0) is 24.8 Å². The van der Waals surface area contributed by atoms with E-state index in [1.165, 1.54) is 108 Å². The quantitative estimate of drug-likeness (QED) is 0.187. The maximum absolute atomic E-state index is 6.05. The molecule has 0 aliphatic carbocycles. The zero-order valence-corrected chi connectivity index (χ0v) is 19.5. The highest BCUT2D eigenvalue weighted by Crippen LogP contribution is 2.14. The van der Waals surface area contributed by atoms with E-state index in [-0.39, 0.29) is 6.10 Å². The van der Waals surface area contributed by atoms with Crippen molar-refractivity contribution in [1.82, 2.24) is 0 Å². The van der Waals surface area contributed by atoms with E-state index in [0.29, 0.717) is 0 Å². The molecule has 1 aromatic carbocycles. The number of unbranched alkanes of at least 4 members (excludes halogenated alkanes) is 15. The predicted molar refractivity (Wildman–Crippen MR) is 129 cm³/mol. The topological polar surface area (TPSA) is 9.23 Å². The molecule has 1 rings (SSSR count). The van der Waals surface area contributed by atoms with Crippen molar-refractivity contribution in [2.24, 2.45) is 0 Å². The van der Waals surface area contributed by atoms with Gasteiger partial charge in [0.15, 0.2) is 0 Å². The van der Waals surface area contributed by atoms with Gasteiger partial charge in [0, 0.05) is 6.61 Å². The highest BCUT2D eigenvalue weighted by Gasteiger charge is 2.07. The minimum Gasteiger partial charge on any atom is -0.378 e. The average Bonchev–Trinajstić information content (AvgIpc) is 2.75. The van der Waals surface area contributed by atoms with Crippen LogP contribution in [-0.4, -0.2) is 12.7 Å². The zero-order valence-electron chi connectivity index (χ0n) is 19.5. The van der Waals surface area contributed by atoms with Gasteiger partial charge in [-0.2, -0.15) is 0 Å². The summed E-state index contributed by atoms with van der Waals surface area (Å²) in [5, 5.41) is 0. The predicted octanol–water partition coefficient (Wildman–Crippen LogP) is 9.10. The Bertz CT molecular complexity index is 427. The Morgan fingerprint density at radius 3 is 1.55 bits per heavy atom. The van der Waals surface area contributed by atoms with E-state index in [0.717, 1.165) is 19.4 Å². The third kappa shape index (κ3) is 16.6. The Morgan fingerprint density at radius 2 is 1.10 bits per heavy atom. The van der Waals surface area contributed by atoms with Crippen molar-refractivity contribution in [2.75, 3.05) is 6.61 Å². The molecule has 0 N–H and O–H groups in total. The monoisotopic (exact) mass is 401 g/mol. The summed E-state index contributed by atoms with van der Waals surface area (Å²) in [6.45, 7) is 7.24. The summed E-state index contributed by atoms with van der Waals surface area (Å²) in [5.41, 5.74) is 1.35. The largest absolute Gasteiger partial charge is 0.378 e. The summed E-state index contributed by atoms with van der Waals surface area (Å²) >= 11 is 0. The van der Waals surface area contributed by atoms with Crippen LogP contribution in [0.1, 0.15) is 122 Å². The maximum Gasteiger partial charge on any atom is 0.0615 e. The van der Waals surface area contributed by atoms with E-state index in [1.54, 1.807) is 0 Å². The molecular formula is C28H49O. The third-order valence-corrected chi connectivity index (χ3v) is 5.98. The van der Waals surface area contributed by atoms with Crippen LogP contribution in [0.4, 0.5) is 0 Å². The van der Waals surface area contributed by atoms with Crippen LogP contribution in [0.15, 0.2) is 30.3 Å². The molecule has 1 nitrogen and oxygen atoms in total. The molecule has 0 saturated heterocycles. The molecule has 0 amide bonds. The Morgan fingerprint density at radius 1 is 0.655 bits per heavy atom. The van der Waals surface area contributed by atoms with Crippen LogP contribution in [0.5, 0.6) is 0 Å². The Balaban J connectivity index is 1.79. The fourth-order valence-electron chi connectivity index (χ4n) is 4.02. The lowest BCUT2D eigenvalue weighted by atomic mass is 10.0. The molecule has 0 aromatic heterocycles. The lowest BCUT2D eigenvalue weighted by Crippen LogP contribution is -2.16. The second kappa shape index (κ2) is 20.5. The normalized spacial score (nSPS) is 12.3. The van der Waals surface area contributed by atoms with E-state index >= 15 is 0 Å². The van der Waals surface area contributed by atoms with Crippen molar-refractivity contribution in [3.8, 4) is 0 Å². The zero-order chi connectivity index (χ0) is 20.8. The van der Waals surface area contributed by atoms with E-state index in [9.17, 15) is 0 Å². The number of rotatable bonds is 21. The molecule has 1 radical (unpaired) electrons. The maximum atomic E-state index is 6.05. The number of benzene rings is 1. The van der Waals surface area contributed by atoms with E-state index in [4.69, 9.17) is 4.74 Å². The molecular weight excluding hydrogens is 352 g/mol. The highest BCUT2D eigenvalue weighted by molar-refractivity contribution is 5.15. The lowest BCUT2D eigenvalue weighted by Gasteiger charge is -2.16. The van der Waals surface area contributed by atoms with Crippen LogP contribution in [-0.2, 0) is 11.2 Å². The van der Waals surface area contributed by atoms with E-state index in [2.05, 4.69) is 44.2 Å². The van der Waals surface area contributed by atoms with E-state index in [1.807, 2.05) is 0 Å². The molecule has 0 aliphatic heterocycles. The molecule has 0 heterocycles. The smallest absolute Gasteiger partial charge is 0.0615 e. The van der Waals surface area contributed by atoms with Gasteiger partial charge in [0.2, 0.25) is 0 Å². The minimum atomic E-state index is 0.272. The molecule has 0 saturated carbocycles. The van der Waals surface area contributed by atoms with Gasteiger partial charge in [0.05, 0.1) is 6.10 Å². The average molecular weight is 402 g/mol. The first-order chi connectivity index (χ1) is 14.4. The Kier molecular flexibility index (Phi) is 18.5. The van der Waals surface area contributed by atoms with Gasteiger partial charge in [0.1, 0.15) is 0 Å². The number of hydrogen-bond acceptors (Lipinski definition) is 1. The number of hydrogen-bond donors (Lipinski definition) is 0. The van der Waals surface area contributed by atoms with Crippen molar-refractivity contribution in [1.29, 1.82) is 0 Å². The van der Waals surface area contributed by atoms with Crippen LogP contribution < -0.4 is 0 Å². The van der Waals surface area contributed by atoms with Crippen LogP contribution in [0, 0.1) is 6.92 Å². The van der Waals surface area contributed by atoms with Crippen molar-refractivity contribution in [3.63, 3.8) is 0 Å². The van der Waals surface area contributed by atoms with Crippen LogP contribution in [0.3, 0.4) is 0 Å².